The van der Waals surface area contributed by atoms with Crippen molar-refractivity contribution in [3.8, 4) is 0 Å². The van der Waals surface area contributed by atoms with E-state index in [0.717, 1.165) is 6.08 Å². The molecule has 0 aromatic carbocycles. The van der Waals surface area contributed by atoms with Gasteiger partial charge in [0, 0.05) is 5.70 Å². The largest absolute Gasteiger partial charge is 0.414 e. The highest BCUT2D eigenvalue weighted by Gasteiger charge is 2.46. The first-order valence-corrected chi connectivity index (χ1v) is 5.16. The Kier molecular flexibility index (Phi) is 3.57. The van der Waals surface area contributed by atoms with E-state index in [4.69, 9.17) is 17.3 Å². The molecular weight excluding hydrogens is 246 g/mol. The van der Waals surface area contributed by atoms with Gasteiger partial charge in [-0.15, -0.1) is 11.6 Å². The van der Waals surface area contributed by atoms with E-state index < -0.39 is 29.2 Å². The number of alkyl halides is 5. The standard InChI is InChI=1S/C10H12ClF4N/c1-4(2)5-3-6(16)9(12)8(11)7(5)10(13,14)15/h3-4,8-9H,16H2,1-2H3. The van der Waals surface area contributed by atoms with Gasteiger partial charge >= 0.3 is 6.18 Å². The van der Waals surface area contributed by atoms with Crippen molar-refractivity contribution >= 4 is 11.6 Å². The zero-order chi connectivity index (χ0) is 12.7. The third kappa shape index (κ3) is 2.34. The summed E-state index contributed by atoms with van der Waals surface area (Å²) in [6.45, 7) is 3.15. The summed E-state index contributed by atoms with van der Waals surface area (Å²) < 4.78 is 51.5. The molecule has 6 heteroatoms. The molecule has 0 aliphatic heterocycles. The highest BCUT2D eigenvalue weighted by molar-refractivity contribution is 6.23. The Morgan fingerprint density at radius 1 is 1.38 bits per heavy atom. The number of allylic oxidation sites excluding steroid dienone is 4. The summed E-state index contributed by atoms with van der Waals surface area (Å²) in [5.41, 5.74) is 3.98. The molecule has 0 saturated carbocycles. The van der Waals surface area contributed by atoms with Crippen LogP contribution in [0.5, 0.6) is 0 Å². The predicted molar refractivity (Wildman–Crippen MR) is 54.7 cm³/mol. The highest BCUT2D eigenvalue weighted by atomic mass is 35.5. The van der Waals surface area contributed by atoms with Gasteiger partial charge in [0.2, 0.25) is 0 Å². The van der Waals surface area contributed by atoms with Gasteiger partial charge in [0.05, 0.1) is 5.57 Å². The maximum absolute atomic E-state index is 13.3. The number of hydrogen-bond acceptors (Lipinski definition) is 1. The molecule has 0 aromatic rings. The smallest absolute Gasteiger partial charge is 0.400 e. The molecule has 1 aliphatic rings. The minimum atomic E-state index is -4.63. The minimum Gasteiger partial charge on any atom is -0.400 e. The Hall–Kier alpha value is -0.710. The first kappa shape index (κ1) is 13.4. The summed E-state index contributed by atoms with van der Waals surface area (Å²) in [5, 5.41) is -1.76. The Morgan fingerprint density at radius 2 is 1.88 bits per heavy atom. The molecule has 0 amide bonds. The van der Waals surface area contributed by atoms with Crippen LogP contribution in [0.25, 0.3) is 0 Å². The summed E-state index contributed by atoms with van der Waals surface area (Å²) in [7, 11) is 0. The van der Waals surface area contributed by atoms with E-state index in [2.05, 4.69) is 0 Å². The Morgan fingerprint density at radius 3 is 2.25 bits per heavy atom. The number of hydrogen-bond donors (Lipinski definition) is 1. The molecule has 0 heterocycles. The fourth-order valence-corrected chi connectivity index (χ4v) is 2.00. The first-order valence-electron chi connectivity index (χ1n) is 4.72. The molecule has 2 N–H and O–H groups in total. The van der Waals surface area contributed by atoms with Gasteiger partial charge in [0.15, 0.2) is 6.17 Å². The Labute approximate surface area is 95.9 Å². The van der Waals surface area contributed by atoms with Gasteiger partial charge in [0.25, 0.3) is 0 Å². The molecule has 2 unspecified atom stereocenters. The van der Waals surface area contributed by atoms with Gasteiger partial charge in [-0.2, -0.15) is 13.2 Å². The quantitative estimate of drug-likeness (QED) is 0.566. The third-order valence-electron chi connectivity index (χ3n) is 2.41. The van der Waals surface area contributed by atoms with E-state index in [1.807, 2.05) is 0 Å². The van der Waals surface area contributed by atoms with Gasteiger partial charge < -0.3 is 5.73 Å². The maximum Gasteiger partial charge on any atom is 0.414 e. The normalized spacial score (nSPS) is 27.4. The average Bonchev–Trinajstić information content (AvgIpc) is 2.10. The van der Waals surface area contributed by atoms with Gasteiger partial charge in [-0.05, 0) is 17.6 Å². The predicted octanol–water partition coefficient (Wildman–Crippen LogP) is 3.30. The SMILES string of the molecule is CC(C)C1=C(C(F)(F)F)C(Cl)C(F)C(N)=C1. The van der Waals surface area contributed by atoms with Gasteiger partial charge in [-0.3, -0.25) is 0 Å². The summed E-state index contributed by atoms with van der Waals surface area (Å²) in [5.74, 6) is -0.413. The Balaban J connectivity index is 3.35. The first-order chi connectivity index (χ1) is 7.16. The molecule has 0 bridgehead atoms. The molecule has 0 aromatic heterocycles. The summed E-state index contributed by atoms with van der Waals surface area (Å²) >= 11 is 5.48. The lowest BCUT2D eigenvalue weighted by atomic mass is 9.87. The van der Waals surface area contributed by atoms with Crippen molar-refractivity contribution in [1.29, 1.82) is 0 Å². The van der Waals surface area contributed by atoms with Crippen LogP contribution in [0, 0.1) is 5.92 Å². The second kappa shape index (κ2) is 4.28. The van der Waals surface area contributed by atoms with Crippen LogP contribution in [0.15, 0.2) is 22.9 Å². The Bertz CT molecular complexity index is 343. The molecule has 1 nitrogen and oxygen atoms in total. The van der Waals surface area contributed by atoms with Crippen LogP contribution in [0.1, 0.15) is 13.8 Å². The lowest BCUT2D eigenvalue weighted by molar-refractivity contribution is -0.0961. The van der Waals surface area contributed by atoms with E-state index in [1.165, 1.54) is 0 Å². The summed E-state index contributed by atoms with van der Waals surface area (Å²) in [6.07, 6.45) is -5.58. The van der Waals surface area contributed by atoms with Crippen molar-refractivity contribution in [1.82, 2.24) is 0 Å². The van der Waals surface area contributed by atoms with Gasteiger partial charge in [-0.1, -0.05) is 13.8 Å². The lowest BCUT2D eigenvalue weighted by Gasteiger charge is -2.29. The molecular formula is C10H12ClF4N. The van der Waals surface area contributed by atoms with Crippen molar-refractivity contribution in [2.45, 2.75) is 31.6 Å². The van der Waals surface area contributed by atoms with Crippen molar-refractivity contribution in [3.05, 3.63) is 22.9 Å². The highest BCUT2D eigenvalue weighted by Crippen LogP contribution is 2.41. The van der Waals surface area contributed by atoms with Crippen molar-refractivity contribution in [2.24, 2.45) is 11.7 Å². The van der Waals surface area contributed by atoms with Crippen LogP contribution in [0.2, 0.25) is 0 Å². The van der Waals surface area contributed by atoms with E-state index in [-0.39, 0.29) is 11.3 Å². The maximum atomic E-state index is 13.3. The number of halogens is 5. The van der Waals surface area contributed by atoms with Crippen LogP contribution in [-0.2, 0) is 0 Å². The zero-order valence-electron chi connectivity index (χ0n) is 8.78. The average molecular weight is 258 g/mol. The molecule has 0 radical (unpaired) electrons. The monoisotopic (exact) mass is 257 g/mol. The van der Waals surface area contributed by atoms with Crippen molar-refractivity contribution in [3.63, 3.8) is 0 Å². The summed E-state index contributed by atoms with van der Waals surface area (Å²) in [6, 6.07) is 0. The van der Waals surface area contributed by atoms with Crippen LogP contribution in [-0.4, -0.2) is 17.7 Å². The fourth-order valence-electron chi connectivity index (χ4n) is 1.61. The van der Waals surface area contributed by atoms with Crippen LogP contribution in [0.3, 0.4) is 0 Å². The van der Waals surface area contributed by atoms with E-state index in [0.29, 0.717) is 0 Å². The minimum absolute atomic E-state index is 0.0427. The molecule has 0 fully saturated rings. The second-order valence-corrected chi connectivity index (χ2v) is 4.44. The number of rotatable bonds is 1. The molecule has 2 atom stereocenters. The molecule has 16 heavy (non-hydrogen) atoms. The van der Waals surface area contributed by atoms with Crippen LogP contribution < -0.4 is 5.73 Å². The van der Waals surface area contributed by atoms with Crippen molar-refractivity contribution in [2.75, 3.05) is 0 Å². The summed E-state index contributed by atoms with van der Waals surface area (Å²) in [4.78, 5) is 0. The molecule has 92 valence electrons. The van der Waals surface area contributed by atoms with Gasteiger partial charge in [-0.25, -0.2) is 4.39 Å². The van der Waals surface area contributed by atoms with E-state index in [9.17, 15) is 17.6 Å². The lowest BCUT2D eigenvalue weighted by Crippen LogP contribution is -2.36. The molecule has 0 saturated heterocycles. The van der Waals surface area contributed by atoms with Crippen molar-refractivity contribution < 1.29 is 17.6 Å². The van der Waals surface area contributed by atoms with Gasteiger partial charge in [0.1, 0.15) is 5.38 Å². The van der Waals surface area contributed by atoms with Crippen LogP contribution in [0.4, 0.5) is 17.6 Å². The zero-order valence-corrected chi connectivity index (χ0v) is 9.53. The topological polar surface area (TPSA) is 26.0 Å². The molecule has 0 spiro atoms. The van der Waals surface area contributed by atoms with E-state index in [1.54, 1.807) is 13.8 Å². The van der Waals surface area contributed by atoms with E-state index >= 15 is 0 Å². The van der Waals surface area contributed by atoms with Crippen LogP contribution >= 0.6 is 11.6 Å². The molecule has 1 aliphatic carbocycles. The molecule has 1 rings (SSSR count). The fraction of sp³-hybridized carbons (Fsp3) is 0.600. The number of nitrogens with two attached hydrogens (primary N) is 1. The third-order valence-corrected chi connectivity index (χ3v) is 2.85. The second-order valence-electron chi connectivity index (χ2n) is 3.97.